The van der Waals surface area contributed by atoms with Gasteiger partial charge >= 0.3 is 0 Å². The standard InChI is InChI=1S/C17H19N5OS2/c1-21(2)16(23)14-6-3-5-13(11-14)12-25-17-18-19-20-22(17)9-8-15-7-4-10-24-15/h3-7,10-11H,8-9,12H2,1-2H3. The Morgan fingerprint density at radius 2 is 2.16 bits per heavy atom. The fourth-order valence-corrected chi connectivity index (χ4v) is 3.86. The summed E-state index contributed by atoms with van der Waals surface area (Å²) in [5.41, 5.74) is 1.77. The van der Waals surface area contributed by atoms with Gasteiger partial charge in [0.2, 0.25) is 5.16 Å². The maximum atomic E-state index is 12.1. The first-order valence-corrected chi connectivity index (χ1v) is 9.72. The molecule has 0 saturated carbocycles. The van der Waals surface area contributed by atoms with Crippen molar-refractivity contribution in [1.29, 1.82) is 0 Å². The summed E-state index contributed by atoms with van der Waals surface area (Å²) in [6.45, 7) is 0.759. The van der Waals surface area contributed by atoms with Crippen LogP contribution in [0.25, 0.3) is 0 Å². The third-order valence-corrected chi connectivity index (χ3v) is 5.56. The van der Waals surface area contributed by atoms with Crippen molar-refractivity contribution >= 4 is 29.0 Å². The Morgan fingerprint density at radius 3 is 2.92 bits per heavy atom. The number of hydrogen-bond acceptors (Lipinski definition) is 6. The number of aryl methyl sites for hydroxylation is 2. The molecule has 0 spiro atoms. The number of benzene rings is 1. The Morgan fingerprint density at radius 1 is 1.28 bits per heavy atom. The highest BCUT2D eigenvalue weighted by Gasteiger charge is 2.10. The second kappa shape index (κ2) is 8.26. The number of thiophene rings is 1. The number of tetrazole rings is 1. The Hall–Kier alpha value is -2.19. The first-order chi connectivity index (χ1) is 12.1. The molecule has 0 bridgehead atoms. The van der Waals surface area contributed by atoms with Crippen LogP contribution in [0, 0.1) is 0 Å². The third kappa shape index (κ3) is 4.67. The minimum absolute atomic E-state index is 0.00707. The van der Waals surface area contributed by atoms with Crippen molar-refractivity contribution < 1.29 is 4.79 Å². The van der Waals surface area contributed by atoms with E-state index in [1.165, 1.54) is 4.88 Å². The molecule has 130 valence electrons. The maximum Gasteiger partial charge on any atom is 0.253 e. The van der Waals surface area contributed by atoms with Crippen molar-refractivity contribution in [1.82, 2.24) is 25.1 Å². The summed E-state index contributed by atoms with van der Waals surface area (Å²) in [6, 6.07) is 11.9. The Kier molecular flexibility index (Phi) is 5.83. The molecular weight excluding hydrogens is 354 g/mol. The van der Waals surface area contributed by atoms with E-state index in [4.69, 9.17) is 0 Å². The summed E-state index contributed by atoms with van der Waals surface area (Å²) in [5.74, 6) is 0.723. The molecule has 8 heteroatoms. The molecule has 25 heavy (non-hydrogen) atoms. The van der Waals surface area contributed by atoms with Crippen LogP contribution in [0.5, 0.6) is 0 Å². The molecule has 2 heterocycles. The van der Waals surface area contributed by atoms with Crippen molar-refractivity contribution in [2.45, 2.75) is 23.9 Å². The molecule has 0 unspecified atom stereocenters. The van der Waals surface area contributed by atoms with Gasteiger partial charge in [0.15, 0.2) is 0 Å². The number of carbonyl (C=O) groups is 1. The molecule has 1 aromatic carbocycles. The molecular formula is C17H19N5OS2. The molecule has 1 amide bonds. The highest BCUT2D eigenvalue weighted by Crippen LogP contribution is 2.21. The molecule has 0 N–H and O–H groups in total. The average molecular weight is 374 g/mol. The van der Waals surface area contributed by atoms with Crippen molar-refractivity contribution in [2.24, 2.45) is 0 Å². The molecule has 0 aliphatic carbocycles. The van der Waals surface area contributed by atoms with Crippen molar-refractivity contribution in [3.8, 4) is 0 Å². The van der Waals surface area contributed by atoms with Crippen LogP contribution in [0.15, 0.2) is 46.9 Å². The Bertz CT molecular complexity index is 829. The lowest BCUT2D eigenvalue weighted by atomic mass is 10.1. The van der Waals surface area contributed by atoms with E-state index in [9.17, 15) is 4.79 Å². The molecule has 0 fully saturated rings. The van der Waals surface area contributed by atoms with Gasteiger partial charge in [-0.3, -0.25) is 4.79 Å². The smallest absolute Gasteiger partial charge is 0.253 e. The molecule has 6 nitrogen and oxygen atoms in total. The summed E-state index contributed by atoms with van der Waals surface area (Å²) in [6.07, 6.45) is 0.920. The molecule has 0 radical (unpaired) electrons. The first kappa shape index (κ1) is 17.6. The highest BCUT2D eigenvalue weighted by atomic mass is 32.2. The van der Waals surface area contributed by atoms with E-state index in [-0.39, 0.29) is 5.91 Å². The quantitative estimate of drug-likeness (QED) is 0.596. The van der Waals surface area contributed by atoms with Gasteiger partial charge in [-0.1, -0.05) is 30.0 Å². The number of hydrogen-bond donors (Lipinski definition) is 0. The minimum Gasteiger partial charge on any atom is -0.345 e. The SMILES string of the molecule is CN(C)C(=O)c1cccc(CSc2nnnn2CCc2cccs2)c1. The number of rotatable bonds is 7. The van der Waals surface area contributed by atoms with E-state index >= 15 is 0 Å². The monoisotopic (exact) mass is 373 g/mol. The predicted octanol–water partition coefficient (Wildman–Crippen LogP) is 2.97. The number of nitrogens with zero attached hydrogens (tertiary/aromatic N) is 5. The summed E-state index contributed by atoms with van der Waals surface area (Å²) >= 11 is 3.32. The van der Waals surface area contributed by atoms with Gasteiger partial charge in [-0.05, 0) is 39.6 Å². The largest absolute Gasteiger partial charge is 0.345 e. The lowest BCUT2D eigenvalue weighted by Gasteiger charge is -2.11. The molecule has 3 rings (SSSR count). The zero-order chi connectivity index (χ0) is 17.6. The maximum absolute atomic E-state index is 12.1. The molecule has 0 aliphatic rings. The van der Waals surface area contributed by atoms with Crippen molar-refractivity contribution in [3.05, 3.63) is 57.8 Å². The normalized spacial score (nSPS) is 10.8. The van der Waals surface area contributed by atoms with Gasteiger partial charge in [-0.15, -0.1) is 16.4 Å². The van der Waals surface area contributed by atoms with E-state index in [2.05, 4.69) is 33.0 Å². The number of aromatic nitrogens is 4. The summed E-state index contributed by atoms with van der Waals surface area (Å²) < 4.78 is 1.83. The van der Waals surface area contributed by atoms with Gasteiger partial charge in [0, 0.05) is 36.7 Å². The summed E-state index contributed by atoms with van der Waals surface area (Å²) in [4.78, 5) is 15.0. The highest BCUT2D eigenvalue weighted by molar-refractivity contribution is 7.98. The van der Waals surface area contributed by atoms with Gasteiger partial charge in [0.25, 0.3) is 5.91 Å². The van der Waals surface area contributed by atoms with Gasteiger partial charge < -0.3 is 4.90 Å². The van der Waals surface area contributed by atoms with E-state index in [1.54, 1.807) is 42.1 Å². The van der Waals surface area contributed by atoms with Crippen molar-refractivity contribution in [2.75, 3.05) is 14.1 Å². The topological polar surface area (TPSA) is 63.9 Å². The predicted molar refractivity (Wildman–Crippen MR) is 99.9 cm³/mol. The molecule has 2 aromatic heterocycles. The van der Waals surface area contributed by atoms with Crippen LogP contribution in [-0.2, 0) is 18.7 Å². The van der Waals surface area contributed by atoms with Crippen molar-refractivity contribution in [3.63, 3.8) is 0 Å². The Balaban J connectivity index is 1.61. The Labute approximate surface area is 154 Å². The number of thioether (sulfide) groups is 1. The molecule has 3 aromatic rings. The molecule has 0 aliphatic heterocycles. The number of amides is 1. The fourth-order valence-electron chi connectivity index (χ4n) is 2.31. The molecule has 0 atom stereocenters. The molecule has 0 saturated heterocycles. The lowest BCUT2D eigenvalue weighted by molar-refractivity contribution is 0.0827. The van der Waals surface area contributed by atoms with E-state index in [1.807, 2.05) is 28.9 Å². The van der Waals surface area contributed by atoms with Gasteiger partial charge in [-0.2, -0.15) is 0 Å². The number of carbonyl (C=O) groups excluding carboxylic acids is 1. The van der Waals surface area contributed by atoms with Gasteiger partial charge in [0.1, 0.15) is 0 Å². The second-order valence-corrected chi connectivity index (χ2v) is 7.68. The minimum atomic E-state index is 0.00707. The van der Waals surface area contributed by atoms with E-state index < -0.39 is 0 Å². The van der Waals surface area contributed by atoms with Crippen LogP contribution in [0.2, 0.25) is 0 Å². The zero-order valence-electron chi connectivity index (χ0n) is 14.1. The summed E-state index contributed by atoms with van der Waals surface area (Å²) in [7, 11) is 3.51. The van der Waals surface area contributed by atoms with E-state index in [0.717, 1.165) is 23.7 Å². The fraction of sp³-hybridized carbons (Fsp3) is 0.294. The van der Waals surface area contributed by atoms with Crippen LogP contribution < -0.4 is 0 Å². The van der Waals surface area contributed by atoms with Gasteiger partial charge in [0.05, 0.1) is 6.54 Å². The lowest BCUT2D eigenvalue weighted by Crippen LogP contribution is -2.21. The van der Waals surface area contributed by atoms with Crippen LogP contribution in [0.1, 0.15) is 20.8 Å². The average Bonchev–Trinajstić information content (AvgIpc) is 3.29. The zero-order valence-corrected chi connectivity index (χ0v) is 15.8. The third-order valence-electron chi connectivity index (χ3n) is 3.60. The summed E-state index contributed by atoms with van der Waals surface area (Å²) in [5, 5.41) is 14.8. The van der Waals surface area contributed by atoms with Crippen LogP contribution in [0.3, 0.4) is 0 Å². The van der Waals surface area contributed by atoms with Crippen LogP contribution >= 0.6 is 23.1 Å². The van der Waals surface area contributed by atoms with Crippen LogP contribution in [-0.4, -0.2) is 45.1 Å². The second-order valence-electron chi connectivity index (χ2n) is 5.70. The van der Waals surface area contributed by atoms with Gasteiger partial charge in [-0.25, -0.2) is 4.68 Å². The van der Waals surface area contributed by atoms with Crippen LogP contribution in [0.4, 0.5) is 0 Å². The van der Waals surface area contributed by atoms with E-state index in [0.29, 0.717) is 11.3 Å². The first-order valence-electron chi connectivity index (χ1n) is 7.85.